The third kappa shape index (κ3) is 3.29. The lowest BCUT2D eigenvalue weighted by Crippen LogP contribution is -2.37. The molecule has 24 heavy (non-hydrogen) atoms. The number of piperidine rings is 1. The van der Waals surface area contributed by atoms with Gasteiger partial charge in [0.25, 0.3) is 0 Å². The molecule has 130 valence electrons. The first-order valence-corrected chi connectivity index (χ1v) is 10.5. The molecule has 0 N–H and O–H groups in total. The van der Waals surface area contributed by atoms with Crippen molar-refractivity contribution in [3.8, 4) is 0 Å². The SMILES string of the molecule is Cc1nc(C)c(CN2CCC3(CC2)CC3N(C)Cc2nccs2)s1. The third-order valence-corrected chi connectivity index (χ3v) is 7.59. The molecule has 2 aromatic heterocycles. The molecule has 2 aliphatic rings. The summed E-state index contributed by atoms with van der Waals surface area (Å²) in [5, 5.41) is 4.52. The fourth-order valence-electron chi connectivity index (χ4n) is 4.22. The first kappa shape index (κ1) is 16.6. The van der Waals surface area contributed by atoms with Gasteiger partial charge in [-0.3, -0.25) is 9.80 Å². The standard InChI is InChI=1S/C18H26N4S2/c1-13-15(24-14(2)20-13)11-22-7-4-18(5-8-22)10-16(18)21(3)12-17-19-6-9-23-17/h6,9,16H,4-5,7-8,10-12H2,1-3H3. The Morgan fingerprint density at radius 3 is 2.75 bits per heavy atom. The predicted octanol–water partition coefficient (Wildman–Crippen LogP) is 3.70. The van der Waals surface area contributed by atoms with Crippen LogP contribution in [0.3, 0.4) is 0 Å². The average Bonchev–Trinajstić information content (AvgIpc) is 2.86. The molecular formula is C18H26N4S2. The zero-order valence-electron chi connectivity index (χ0n) is 14.8. The summed E-state index contributed by atoms with van der Waals surface area (Å²) in [6.45, 7) is 8.82. The van der Waals surface area contributed by atoms with Gasteiger partial charge in [0.15, 0.2) is 0 Å². The molecule has 0 aromatic carbocycles. The summed E-state index contributed by atoms with van der Waals surface area (Å²) in [4.78, 5) is 15.6. The first-order valence-electron chi connectivity index (χ1n) is 8.80. The lowest BCUT2D eigenvalue weighted by atomic mass is 9.92. The maximum Gasteiger partial charge on any atom is 0.107 e. The van der Waals surface area contributed by atoms with E-state index in [2.05, 4.69) is 46.0 Å². The van der Waals surface area contributed by atoms with Gasteiger partial charge in [0.2, 0.25) is 0 Å². The van der Waals surface area contributed by atoms with E-state index in [9.17, 15) is 0 Å². The van der Waals surface area contributed by atoms with Crippen LogP contribution in [0, 0.1) is 19.3 Å². The number of hydrogen-bond donors (Lipinski definition) is 0. The summed E-state index contributed by atoms with van der Waals surface area (Å²) in [6.07, 6.45) is 5.98. The summed E-state index contributed by atoms with van der Waals surface area (Å²) in [5.41, 5.74) is 1.81. The van der Waals surface area contributed by atoms with Crippen molar-refractivity contribution in [2.24, 2.45) is 5.41 Å². The molecule has 1 atom stereocenters. The van der Waals surface area contributed by atoms with Gasteiger partial charge in [-0.1, -0.05) is 0 Å². The summed E-state index contributed by atoms with van der Waals surface area (Å²) in [6, 6.07) is 0.760. The summed E-state index contributed by atoms with van der Waals surface area (Å²) >= 11 is 3.63. The van der Waals surface area contributed by atoms with E-state index >= 15 is 0 Å². The molecule has 3 heterocycles. The van der Waals surface area contributed by atoms with E-state index in [1.165, 1.54) is 52.9 Å². The molecule has 1 spiro atoms. The van der Waals surface area contributed by atoms with Crippen LogP contribution in [0.25, 0.3) is 0 Å². The molecule has 1 unspecified atom stereocenters. The van der Waals surface area contributed by atoms with Crippen LogP contribution in [0.4, 0.5) is 0 Å². The topological polar surface area (TPSA) is 32.3 Å². The van der Waals surface area contributed by atoms with Crippen LogP contribution < -0.4 is 0 Å². The van der Waals surface area contributed by atoms with Gasteiger partial charge in [-0.2, -0.15) is 0 Å². The summed E-state index contributed by atoms with van der Waals surface area (Å²) in [7, 11) is 2.27. The van der Waals surface area contributed by atoms with Crippen LogP contribution in [-0.2, 0) is 13.1 Å². The number of aromatic nitrogens is 2. The van der Waals surface area contributed by atoms with E-state index in [1.54, 1.807) is 11.3 Å². The highest BCUT2D eigenvalue weighted by molar-refractivity contribution is 7.11. The Balaban J connectivity index is 1.30. The Bertz CT molecular complexity index is 686. The summed E-state index contributed by atoms with van der Waals surface area (Å²) in [5.74, 6) is 0. The van der Waals surface area contributed by atoms with Crippen molar-refractivity contribution in [1.82, 2.24) is 19.8 Å². The lowest BCUT2D eigenvalue weighted by Gasteiger charge is -2.33. The molecule has 1 saturated carbocycles. The van der Waals surface area contributed by atoms with E-state index in [0.717, 1.165) is 19.1 Å². The average molecular weight is 363 g/mol. The van der Waals surface area contributed by atoms with Crippen LogP contribution >= 0.6 is 22.7 Å². The van der Waals surface area contributed by atoms with Crippen LogP contribution in [0.15, 0.2) is 11.6 Å². The predicted molar refractivity (Wildman–Crippen MR) is 101 cm³/mol. The molecule has 2 fully saturated rings. The quantitative estimate of drug-likeness (QED) is 0.812. The van der Waals surface area contributed by atoms with Crippen molar-refractivity contribution < 1.29 is 0 Å². The fourth-order valence-corrected chi connectivity index (χ4v) is 5.88. The Morgan fingerprint density at radius 1 is 1.33 bits per heavy atom. The normalized spacial score (nSPS) is 23.2. The molecular weight excluding hydrogens is 336 g/mol. The number of hydrogen-bond acceptors (Lipinski definition) is 6. The maximum atomic E-state index is 4.57. The van der Waals surface area contributed by atoms with E-state index < -0.39 is 0 Å². The van der Waals surface area contributed by atoms with Crippen molar-refractivity contribution in [3.05, 3.63) is 32.2 Å². The molecule has 6 heteroatoms. The number of aryl methyl sites for hydroxylation is 2. The van der Waals surface area contributed by atoms with Gasteiger partial charge in [0.1, 0.15) is 5.01 Å². The van der Waals surface area contributed by atoms with E-state index in [0.29, 0.717) is 5.41 Å². The molecule has 4 rings (SSSR count). The number of likely N-dealkylation sites (tertiary alicyclic amines) is 1. The second-order valence-electron chi connectivity index (χ2n) is 7.44. The maximum absolute atomic E-state index is 4.57. The Kier molecular flexibility index (Phi) is 4.49. The molecule has 0 amide bonds. The van der Waals surface area contributed by atoms with Gasteiger partial charge in [0, 0.05) is 29.0 Å². The van der Waals surface area contributed by atoms with E-state index in [1.807, 2.05) is 17.5 Å². The Morgan fingerprint density at radius 2 is 2.12 bits per heavy atom. The van der Waals surface area contributed by atoms with Gasteiger partial charge < -0.3 is 0 Å². The third-order valence-electron chi connectivity index (χ3n) is 5.77. The minimum absolute atomic E-state index is 0.584. The van der Waals surface area contributed by atoms with Gasteiger partial charge in [-0.05, 0) is 58.7 Å². The highest BCUT2D eigenvalue weighted by Crippen LogP contribution is 2.56. The number of rotatable bonds is 5. The zero-order valence-corrected chi connectivity index (χ0v) is 16.4. The Hall–Kier alpha value is -0.820. The van der Waals surface area contributed by atoms with Crippen LogP contribution in [0.2, 0.25) is 0 Å². The number of thiazole rings is 2. The molecule has 1 aliphatic carbocycles. The van der Waals surface area contributed by atoms with Crippen molar-refractivity contribution in [1.29, 1.82) is 0 Å². The zero-order chi connectivity index (χ0) is 16.7. The van der Waals surface area contributed by atoms with Crippen molar-refractivity contribution in [2.45, 2.75) is 52.2 Å². The minimum Gasteiger partial charge on any atom is -0.298 e. The summed E-state index contributed by atoms with van der Waals surface area (Å²) < 4.78 is 0. The van der Waals surface area contributed by atoms with Crippen LogP contribution in [0.1, 0.15) is 39.8 Å². The largest absolute Gasteiger partial charge is 0.298 e. The monoisotopic (exact) mass is 362 g/mol. The molecule has 0 radical (unpaired) electrons. The molecule has 4 nitrogen and oxygen atoms in total. The molecule has 0 bridgehead atoms. The van der Waals surface area contributed by atoms with Gasteiger partial charge >= 0.3 is 0 Å². The molecule has 2 aromatic rings. The Labute approximate surface area is 152 Å². The van der Waals surface area contributed by atoms with Gasteiger partial charge in [-0.25, -0.2) is 9.97 Å². The van der Waals surface area contributed by atoms with Crippen molar-refractivity contribution in [3.63, 3.8) is 0 Å². The second-order valence-corrected chi connectivity index (χ2v) is 9.71. The lowest BCUT2D eigenvalue weighted by molar-refractivity contribution is 0.140. The number of nitrogens with zero attached hydrogens (tertiary/aromatic N) is 4. The van der Waals surface area contributed by atoms with E-state index in [4.69, 9.17) is 0 Å². The van der Waals surface area contributed by atoms with Crippen molar-refractivity contribution >= 4 is 22.7 Å². The highest BCUT2D eigenvalue weighted by Gasteiger charge is 2.56. The first-order chi connectivity index (χ1) is 11.6. The fraction of sp³-hybridized carbons (Fsp3) is 0.667. The van der Waals surface area contributed by atoms with Crippen LogP contribution in [-0.4, -0.2) is 45.9 Å². The van der Waals surface area contributed by atoms with Crippen molar-refractivity contribution in [2.75, 3.05) is 20.1 Å². The smallest absolute Gasteiger partial charge is 0.107 e. The van der Waals surface area contributed by atoms with Crippen LogP contribution in [0.5, 0.6) is 0 Å². The minimum atomic E-state index is 0.584. The van der Waals surface area contributed by atoms with Gasteiger partial charge in [-0.15, -0.1) is 22.7 Å². The van der Waals surface area contributed by atoms with Gasteiger partial charge in [0.05, 0.1) is 17.2 Å². The molecule has 1 saturated heterocycles. The van der Waals surface area contributed by atoms with E-state index in [-0.39, 0.29) is 0 Å². The second kappa shape index (κ2) is 6.48. The highest BCUT2D eigenvalue weighted by atomic mass is 32.1. The molecule has 1 aliphatic heterocycles.